The molecule has 0 radical (unpaired) electrons. The smallest absolute Gasteiger partial charge is 0.425 e. The van der Waals surface area contributed by atoms with Crippen LogP contribution in [0.25, 0.3) is 11.2 Å². The Bertz CT molecular complexity index is 1370. The molecule has 0 saturated carbocycles. The van der Waals surface area contributed by atoms with Gasteiger partial charge in [0, 0.05) is 6.42 Å². The van der Waals surface area contributed by atoms with Crippen molar-refractivity contribution in [3.05, 3.63) is 12.7 Å². The maximum Gasteiger partial charge on any atom is 0.425 e. The van der Waals surface area contributed by atoms with Gasteiger partial charge in [0.15, 0.2) is 33.6 Å². The van der Waals surface area contributed by atoms with E-state index in [-0.39, 0.29) is 33.6 Å². The van der Waals surface area contributed by atoms with Gasteiger partial charge in [0.25, 0.3) is 0 Å². The first-order chi connectivity index (χ1) is 20.6. The Kier molecular flexibility index (Phi) is 10.7. The Morgan fingerprint density at radius 2 is 1.37 bits per heavy atom. The second-order valence-corrected chi connectivity index (χ2v) is 26.7. The van der Waals surface area contributed by atoms with Crippen molar-refractivity contribution in [2.24, 2.45) is 0 Å². The molecule has 3 heterocycles. The monoisotopic (exact) mass is 679 g/mol. The molecule has 12 nitrogen and oxygen atoms in total. The molecule has 0 unspecified atom stereocenters. The van der Waals surface area contributed by atoms with Crippen molar-refractivity contribution in [3.8, 4) is 0 Å². The summed E-state index contributed by atoms with van der Waals surface area (Å²) in [6.45, 7) is 32.9. The minimum Gasteiger partial charge on any atom is -0.443 e. The number of anilines is 1. The van der Waals surface area contributed by atoms with Crippen molar-refractivity contribution >= 4 is 45.8 Å². The molecule has 0 spiro atoms. The molecule has 3 rings (SSSR count). The molecule has 0 N–H and O–H groups in total. The lowest BCUT2D eigenvalue weighted by Crippen LogP contribution is -2.48. The van der Waals surface area contributed by atoms with Gasteiger partial charge in [-0.15, -0.1) is 0 Å². The number of hydrogen-bond donors (Lipinski definition) is 0. The number of aromatic nitrogens is 4. The number of fused-ring (bicyclic) bond motifs is 1. The highest BCUT2D eigenvalue weighted by atomic mass is 28.4. The fourth-order valence-corrected chi connectivity index (χ4v) is 6.66. The number of ether oxygens (including phenoxy) is 3. The van der Waals surface area contributed by atoms with Crippen molar-refractivity contribution in [2.45, 2.75) is 155 Å². The van der Waals surface area contributed by atoms with Gasteiger partial charge in [-0.25, -0.2) is 24.5 Å². The van der Waals surface area contributed by atoms with E-state index < -0.39 is 46.3 Å². The summed E-state index contributed by atoms with van der Waals surface area (Å²) in [5.41, 5.74) is -1.13. The number of hydrogen-bond acceptors (Lipinski definition) is 10. The molecule has 1 aliphatic rings. The zero-order valence-corrected chi connectivity index (χ0v) is 32.9. The lowest BCUT2D eigenvalue weighted by Gasteiger charge is -2.40. The van der Waals surface area contributed by atoms with Gasteiger partial charge in [0.05, 0.1) is 19.0 Å². The number of carbonyl (C=O) groups excluding carboxylic acids is 2. The van der Waals surface area contributed by atoms with Crippen LogP contribution in [-0.2, 0) is 23.1 Å². The van der Waals surface area contributed by atoms with Gasteiger partial charge < -0.3 is 23.1 Å². The summed E-state index contributed by atoms with van der Waals surface area (Å²) in [5, 5.41) is 0.0509. The maximum atomic E-state index is 13.4. The summed E-state index contributed by atoms with van der Waals surface area (Å²) >= 11 is 0. The Morgan fingerprint density at radius 3 is 1.85 bits per heavy atom. The molecule has 260 valence electrons. The van der Waals surface area contributed by atoms with Crippen molar-refractivity contribution in [1.29, 1.82) is 0 Å². The number of amides is 2. The molecule has 2 aromatic rings. The van der Waals surface area contributed by atoms with E-state index >= 15 is 0 Å². The van der Waals surface area contributed by atoms with Crippen LogP contribution in [0.15, 0.2) is 12.7 Å². The van der Waals surface area contributed by atoms with E-state index in [1.807, 2.05) is 0 Å². The van der Waals surface area contributed by atoms with Crippen LogP contribution in [0.2, 0.25) is 36.3 Å². The minimum absolute atomic E-state index is 0.00649. The number of nitrogens with zero attached hydrogens (tertiary/aromatic N) is 5. The molecule has 1 fully saturated rings. The highest BCUT2D eigenvalue weighted by molar-refractivity contribution is 6.74. The number of imidazole rings is 1. The molecular weight excluding hydrogens is 623 g/mol. The highest BCUT2D eigenvalue weighted by Gasteiger charge is 2.47. The van der Waals surface area contributed by atoms with Gasteiger partial charge in [-0.2, -0.15) is 4.90 Å². The average Bonchev–Trinajstić information content (AvgIpc) is 3.43. The Labute approximate surface area is 277 Å². The van der Waals surface area contributed by atoms with Crippen LogP contribution in [0.4, 0.5) is 15.4 Å². The van der Waals surface area contributed by atoms with Crippen molar-refractivity contribution in [3.63, 3.8) is 0 Å². The van der Waals surface area contributed by atoms with Crippen molar-refractivity contribution < 1.29 is 32.7 Å². The van der Waals surface area contributed by atoms with Crippen LogP contribution in [0.1, 0.15) is 95.7 Å². The SMILES string of the molecule is CC(C)(C)OC(=O)N(C(=O)OC(C)(C)C)c1ncnc2c1ncn2[C@H]1C[C@H](O[Si](C)(C)C(C)(C)C)[C@@H](CO[Si](C)(C)C(C)(C)C)O1. The van der Waals surface area contributed by atoms with Gasteiger partial charge in [-0.05, 0) is 77.8 Å². The Balaban J connectivity index is 2.03. The lowest BCUT2D eigenvalue weighted by molar-refractivity contribution is -0.0383. The van der Waals surface area contributed by atoms with E-state index in [0.717, 1.165) is 4.90 Å². The largest absolute Gasteiger partial charge is 0.443 e. The van der Waals surface area contributed by atoms with Gasteiger partial charge in [0.2, 0.25) is 0 Å². The molecule has 0 aliphatic carbocycles. The van der Waals surface area contributed by atoms with Crippen molar-refractivity contribution in [1.82, 2.24) is 19.5 Å². The molecule has 14 heteroatoms. The minimum atomic E-state index is -2.16. The van der Waals surface area contributed by atoms with Crippen LogP contribution in [-0.4, -0.2) is 78.4 Å². The fourth-order valence-electron chi connectivity index (χ4n) is 4.28. The summed E-state index contributed by atoms with van der Waals surface area (Å²) in [6.07, 6.45) is 0.557. The number of rotatable bonds is 7. The van der Waals surface area contributed by atoms with Gasteiger partial charge in [-0.3, -0.25) is 4.57 Å². The molecule has 0 bridgehead atoms. The second kappa shape index (κ2) is 12.9. The van der Waals surface area contributed by atoms with E-state index in [2.05, 4.69) is 82.7 Å². The number of imide groups is 1. The number of carbonyl (C=O) groups is 2. The standard InChI is InChI=1S/C32H57N5O7Si2/c1-29(2,3)42-27(38)37(28(39)43-30(4,5)6)26-24-25(33-19-34-26)36(20-35-24)23-17-21(44-46(15,16)32(10,11)12)22(41-23)18-40-45(13,14)31(7,8)9/h19-23H,17-18H2,1-16H3/t21-,22+,23+/m0/s1. The topological polar surface area (TPSA) is 127 Å². The third-order valence-corrected chi connectivity index (χ3v) is 17.9. The van der Waals surface area contributed by atoms with Crippen LogP contribution >= 0.6 is 0 Å². The van der Waals surface area contributed by atoms with Crippen LogP contribution in [0.5, 0.6) is 0 Å². The lowest BCUT2D eigenvalue weighted by atomic mass is 10.2. The Morgan fingerprint density at radius 1 is 0.848 bits per heavy atom. The molecule has 2 aromatic heterocycles. The van der Waals surface area contributed by atoms with Crippen molar-refractivity contribution in [2.75, 3.05) is 11.5 Å². The van der Waals surface area contributed by atoms with E-state index in [1.54, 1.807) is 52.4 Å². The first-order valence-corrected chi connectivity index (χ1v) is 21.9. The summed E-state index contributed by atoms with van der Waals surface area (Å²) in [7, 11) is -4.23. The Hall–Kier alpha value is -2.40. The maximum absolute atomic E-state index is 13.4. The summed E-state index contributed by atoms with van der Waals surface area (Å²) < 4.78 is 33.2. The first-order valence-electron chi connectivity index (χ1n) is 16.0. The van der Waals surface area contributed by atoms with E-state index in [9.17, 15) is 9.59 Å². The van der Waals surface area contributed by atoms with E-state index in [0.29, 0.717) is 18.7 Å². The van der Waals surface area contributed by atoms with Crippen LogP contribution in [0.3, 0.4) is 0 Å². The van der Waals surface area contributed by atoms with Gasteiger partial charge >= 0.3 is 12.2 Å². The van der Waals surface area contributed by atoms with E-state index in [1.165, 1.54) is 6.33 Å². The quantitative estimate of drug-likeness (QED) is 0.264. The summed E-state index contributed by atoms with van der Waals surface area (Å²) in [5.74, 6) is -0.0443. The molecular formula is C32H57N5O7Si2. The van der Waals surface area contributed by atoms with Crippen LogP contribution < -0.4 is 4.90 Å². The first kappa shape index (κ1) is 38.1. The molecule has 46 heavy (non-hydrogen) atoms. The molecule has 2 amide bonds. The highest BCUT2D eigenvalue weighted by Crippen LogP contribution is 2.43. The van der Waals surface area contributed by atoms with Crippen LogP contribution in [0, 0.1) is 0 Å². The molecule has 0 aromatic carbocycles. The predicted octanol–water partition coefficient (Wildman–Crippen LogP) is 8.20. The molecule has 3 atom stereocenters. The fraction of sp³-hybridized carbons (Fsp3) is 0.781. The average molecular weight is 680 g/mol. The summed E-state index contributed by atoms with van der Waals surface area (Å²) in [4.78, 5) is 40.9. The third kappa shape index (κ3) is 8.94. The zero-order chi connectivity index (χ0) is 35.3. The third-order valence-electron chi connectivity index (χ3n) is 8.86. The van der Waals surface area contributed by atoms with E-state index in [4.69, 9.17) is 23.1 Å². The molecule has 1 aliphatic heterocycles. The molecule has 1 saturated heterocycles. The zero-order valence-electron chi connectivity index (χ0n) is 30.9. The predicted molar refractivity (Wildman–Crippen MR) is 184 cm³/mol. The van der Waals surface area contributed by atoms with Gasteiger partial charge in [-0.1, -0.05) is 41.5 Å². The second-order valence-electron chi connectivity index (χ2n) is 17.2. The summed E-state index contributed by atoms with van der Waals surface area (Å²) in [6, 6.07) is 0. The van der Waals surface area contributed by atoms with Gasteiger partial charge in [0.1, 0.15) is 29.9 Å². The normalized spacial score (nSPS) is 20.2.